The molecule has 1 heterocycles. The lowest BCUT2D eigenvalue weighted by Gasteiger charge is -2.09. The molecule has 28 heavy (non-hydrogen) atoms. The molecule has 6 nitrogen and oxygen atoms in total. The normalized spacial score (nSPS) is 11.0. The third-order valence-electron chi connectivity index (χ3n) is 4.11. The lowest BCUT2D eigenvalue weighted by Crippen LogP contribution is -2.09. The van der Waals surface area contributed by atoms with Crippen molar-refractivity contribution >= 4 is 23.3 Å². The van der Waals surface area contributed by atoms with Gasteiger partial charge in [0.05, 0.1) is 25.5 Å². The van der Waals surface area contributed by atoms with Crippen LogP contribution < -0.4 is 15.2 Å². The van der Waals surface area contributed by atoms with E-state index in [9.17, 15) is 5.26 Å². The van der Waals surface area contributed by atoms with Crippen LogP contribution in [0.3, 0.4) is 0 Å². The lowest BCUT2D eigenvalue weighted by molar-refractivity contribution is 0.355. The Balaban J connectivity index is 2.20. The van der Waals surface area contributed by atoms with Crippen molar-refractivity contribution in [3.05, 3.63) is 65.9 Å². The molecule has 0 spiro atoms. The number of nitriles is 1. The van der Waals surface area contributed by atoms with E-state index in [0.717, 1.165) is 11.3 Å². The molecule has 0 aliphatic carbocycles. The highest BCUT2D eigenvalue weighted by atomic mass is 32.1. The summed E-state index contributed by atoms with van der Waals surface area (Å²) in [6.45, 7) is 0. The number of methoxy groups -OCH3 is 2. The largest absolute Gasteiger partial charge is 0.493 e. The Bertz CT molecular complexity index is 1080. The van der Waals surface area contributed by atoms with Gasteiger partial charge in [0.25, 0.3) is 0 Å². The van der Waals surface area contributed by atoms with Crippen molar-refractivity contribution in [2.45, 2.75) is 0 Å². The molecule has 2 N–H and O–H groups in total. The fourth-order valence-electron chi connectivity index (χ4n) is 2.73. The highest BCUT2D eigenvalue weighted by Gasteiger charge is 2.15. The topological polar surface area (TPSA) is 86.1 Å². The average molecular weight is 390 g/mol. The highest BCUT2D eigenvalue weighted by Crippen LogP contribution is 2.34. The Kier molecular flexibility index (Phi) is 5.72. The molecule has 3 rings (SSSR count). The number of hydrogen-bond donors (Lipinski definition) is 1. The molecule has 1 aromatic heterocycles. The van der Waals surface area contributed by atoms with E-state index in [-0.39, 0.29) is 10.6 Å². The smallest absolute Gasteiger partial charge is 0.161 e. The summed E-state index contributed by atoms with van der Waals surface area (Å²) in [6.07, 6.45) is 3.47. The molecular weight excluding hydrogens is 372 g/mol. The molecule has 7 heteroatoms. The van der Waals surface area contributed by atoms with E-state index in [1.54, 1.807) is 25.0 Å². The van der Waals surface area contributed by atoms with E-state index >= 15 is 0 Å². The molecule has 0 aliphatic rings. The van der Waals surface area contributed by atoms with Gasteiger partial charge in [0.2, 0.25) is 0 Å². The Morgan fingerprint density at radius 1 is 1.14 bits per heavy atom. The molecular formula is C21H18N4O2S. The maximum Gasteiger partial charge on any atom is 0.161 e. The Morgan fingerprint density at radius 2 is 1.86 bits per heavy atom. The number of hydrogen-bond acceptors (Lipinski definition) is 5. The molecule has 0 unspecified atom stereocenters. The second-order valence-corrected chi connectivity index (χ2v) is 6.26. The van der Waals surface area contributed by atoms with Crippen molar-refractivity contribution in [1.82, 2.24) is 9.78 Å². The standard InChI is InChI=1S/C21H18N4O2S/c1-26-18-9-8-14(11-19(18)27-2)20-16(10-15(12-22)21(23)28)13-25(24-20)17-6-4-3-5-7-17/h3-11,13H,1-2H3,(H2,23,28). The summed E-state index contributed by atoms with van der Waals surface area (Å²) >= 11 is 4.97. The van der Waals surface area contributed by atoms with Gasteiger partial charge in [0, 0.05) is 17.3 Å². The van der Waals surface area contributed by atoms with Gasteiger partial charge < -0.3 is 15.2 Å². The molecule has 3 aromatic rings. The van der Waals surface area contributed by atoms with Gasteiger partial charge in [-0.15, -0.1) is 0 Å². The van der Waals surface area contributed by atoms with Crippen LogP contribution in [0.15, 0.2) is 60.3 Å². The number of nitrogens with two attached hydrogens (primary N) is 1. The van der Waals surface area contributed by atoms with E-state index in [0.29, 0.717) is 22.8 Å². The second kappa shape index (κ2) is 8.37. The summed E-state index contributed by atoms with van der Waals surface area (Å²) in [6, 6.07) is 17.2. The van der Waals surface area contributed by atoms with Crippen LogP contribution in [0.1, 0.15) is 5.56 Å². The van der Waals surface area contributed by atoms with Crippen LogP contribution in [-0.4, -0.2) is 29.0 Å². The van der Waals surface area contributed by atoms with Crippen LogP contribution in [-0.2, 0) is 0 Å². The van der Waals surface area contributed by atoms with Crippen molar-refractivity contribution < 1.29 is 9.47 Å². The van der Waals surface area contributed by atoms with Gasteiger partial charge in [0.1, 0.15) is 16.8 Å². The van der Waals surface area contributed by atoms with Crippen LogP contribution in [0.2, 0.25) is 0 Å². The summed E-state index contributed by atoms with van der Waals surface area (Å²) in [5.74, 6) is 1.20. The van der Waals surface area contributed by atoms with E-state index in [2.05, 4.69) is 0 Å². The van der Waals surface area contributed by atoms with Gasteiger partial charge in [-0.05, 0) is 36.4 Å². The zero-order chi connectivity index (χ0) is 20.1. The quantitative estimate of drug-likeness (QED) is 0.392. The molecule has 2 aromatic carbocycles. The lowest BCUT2D eigenvalue weighted by atomic mass is 10.1. The number of nitrogens with zero attached hydrogens (tertiary/aromatic N) is 3. The maximum atomic E-state index is 9.34. The summed E-state index contributed by atoms with van der Waals surface area (Å²) in [5.41, 5.74) is 8.94. The fourth-order valence-corrected chi connectivity index (χ4v) is 2.83. The molecule has 0 saturated carbocycles. The summed E-state index contributed by atoms with van der Waals surface area (Å²) in [5, 5.41) is 14.1. The van der Waals surface area contributed by atoms with E-state index < -0.39 is 0 Å². The van der Waals surface area contributed by atoms with Gasteiger partial charge in [0.15, 0.2) is 11.5 Å². The summed E-state index contributed by atoms with van der Waals surface area (Å²) in [4.78, 5) is 0.0354. The van der Waals surface area contributed by atoms with Crippen molar-refractivity contribution in [3.8, 4) is 34.5 Å². The van der Waals surface area contributed by atoms with Crippen LogP contribution in [0.5, 0.6) is 11.5 Å². The second-order valence-electron chi connectivity index (χ2n) is 5.82. The first-order valence-electron chi connectivity index (χ1n) is 8.36. The van der Waals surface area contributed by atoms with Crippen molar-refractivity contribution in [1.29, 1.82) is 5.26 Å². The van der Waals surface area contributed by atoms with E-state index in [1.165, 1.54) is 0 Å². The maximum absolute atomic E-state index is 9.34. The van der Waals surface area contributed by atoms with Crippen LogP contribution in [0.4, 0.5) is 0 Å². The van der Waals surface area contributed by atoms with Gasteiger partial charge in [-0.2, -0.15) is 10.4 Å². The molecule has 0 aliphatic heterocycles. The van der Waals surface area contributed by atoms with Crippen molar-refractivity contribution in [3.63, 3.8) is 0 Å². The summed E-state index contributed by atoms with van der Waals surface area (Å²) in [7, 11) is 3.16. The molecule has 0 bridgehead atoms. The van der Waals surface area contributed by atoms with E-state index in [4.69, 9.17) is 32.5 Å². The number of benzene rings is 2. The van der Waals surface area contributed by atoms with Crippen LogP contribution >= 0.6 is 12.2 Å². The van der Waals surface area contributed by atoms with Crippen LogP contribution in [0.25, 0.3) is 23.0 Å². The first kappa shape index (κ1) is 19.1. The number of thiocarbonyl (C=S) groups is 1. The minimum absolute atomic E-state index is 0.0354. The van der Waals surface area contributed by atoms with Gasteiger partial charge in [-0.3, -0.25) is 0 Å². The van der Waals surface area contributed by atoms with Gasteiger partial charge >= 0.3 is 0 Å². The molecule has 140 valence electrons. The minimum Gasteiger partial charge on any atom is -0.493 e. The SMILES string of the molecule is COc1ccc(-c2nn(-c3ccccc3)cc2C=C(C#N)C(N)=S)cc1OC. The zero-order valence-electron chi connectivity index (χ0n) is 15.4. The van der Waals surface area contributed by atoms with Crippen molar-refractivity contribution in [2.24, 2.45) is 5.73 Å². The Hall–Kier alpha value is -3.63. The van der Waals surface area contributed by atoms with E-state index in [1.807, 2.05) is 60.8 Å². The first-order valence-corrected chi connectivity index (χ1v) is 8.77. The number of ether oxygens (including phenoxy) is 2. The highest BCUT2D eigenvalue weighted by molar-refractivity contribution is 7.80. The molecule has 0 atom stereocenters. The average Bonchev–Trinajstić information content (AvgIpc) is 3.15. The van der Waals surface area contributed by atoms with Crippen LogP contribution in [0, 0.1) is 11.3 Å². The first-order chi connectivity index (χ1) is 13.6. The molecule has 0 radical (unpaired) electrons. The fraction of sp³-hybridized carbons (Fsp3) is 0.0952. The molecule has 0 amide bonds. The Morgan fingerprint density at radius 3 is 2.46 bits per heavy atom. The predicted octanol–water partition coefficient (Wildman–Crippen LogP) is 3.75. The van der Waals surface area contributed by atoms with Gasteiger partial charge in [-0.1, -0.05) is 30.4 Å². The Labute approximate surface area is 168 Å². The molecule has 0 saturated heterocycles. The molecule has 0 fully saturated rings. The predicted molar refractivity (Wildman–Crippen MR) is 112 cm³/mol. The third kappa shape index (κ3) is 3.87. The number of aromatic nitrogens is 2. The third-order valence-corrected chi connectivity index (χ3v) is 4.33. The van der Waals surface area contributed by atoms with Gasteiger partial charge in [-0.25, -0.2) is 4.68 Å². The van der Waals surface area contributed by atoms with Crippen molar-refractivity contribution in [2.75, 3.05) is 14.2 Å². The number of rotatable bonds is 6. The monoisotopic (exact) mass is 390 g/mol. The summed E-state index contributed by atoms with van der Waals surface area (Å²) < 4.78 is 12.5. The minimum atomic E-state index is 0.0354. The number of para-hydroxylation sites is 1. The zero-order valence-corrected chi connectivity index (χ0v) is 16.2.